The van der Waals surface area contributed by atoms with E-state index >= 15 is 0 Å². The second-order valence-corrected chi connectivity index (χ2v) is 7.96. The number of nitro groups is 1. The highest BCUT2D eigenvalue weighted by Gasteiger charge is 2.24. The summed E-state index contributed by atoms with van der Waals surface area (Å²) in [5.74, 6) is -0.333. The molecule has 0 aliphatic carbocycles. The fourth-order valence-electron chi connectivity index (χ4n) is 3.46. The van der Waals surface area contributed by atoms with Gasteiger partial charge in [0.1, 0.15) is 6.10 Å². The van der Waals surface area contributed by atoms with E-state index in [1.165, 1.54) is 24.3 Å². The number of carbonyl (C=O) groups is 1. The lowest BCUT2D eigenvalue weighted by Gasteiger charge is -2.27. The summed E-state index contributed by atoms with van der Waals surface area (Å²) in [6, 6.07) is 15.4. The van der Waals surface area contributed by atoms with Gasteiger partial charge in [-0.3, -0.25) is 10.1 Å². The molecule has 0 spiro atoms. The zero-order valence-electron chi connectivity index (χ0n) is 18.6. The lowest BCUT2D eigenvalue weighted by Crippen LogP contribution is -2.33. The van der Waals surface area contributed by atoms with Crippen LogP contribution in [0.25, 0.3) is 6.08 Å². The number of carbonyl (C=O) groups excluding carboxylic acids is 1. The topological polar surface area (TPSA) is 72.7 Å². The average Bonchev–Trinajstić information content (AvgIpc) is 2.76. The van der Waals surface area contributed by atoms with Crippen molar-refractivity contribution in [2.45, 2.75) is 38.7 Å². The molecule has 0 saturated heterocycles. The molecular formula is C25H32N2O4. The van der Waals surface area contributed by atoms with Crippen LogP contribution in [-0.4, -0.2) is 42.5 Å². The SMILES string of the molecule is CCCCCC(CN(C)C)C(/C=C/c1ccccc1)OC(=O)c1ccc([N+](=O)[O-])cc1. The first-order chi connectivity index (χ1) is 14.9. The van der Waals surface area contributed by atoms with E-state index in [-0.39, 0.29) is 11.6 Å². The molecule has 0 bridgehead atoms. The number of unbranched alkanes of at least 4 members (excludes halogenated alkanes) is 2. The number of nitro benzene ring substituents is 1. The number of hydrogen-bond donors (Lipinski definition) is 0. The van der Waals surface area contributed by atoms with E-state index in [9.17, 15) is 14.9 Å². The molecule has 0 radical (unpaired) electrons. The summed E-state index contributed by atoms with van der Waals surface area (Å²) >= 11 is 0. The Balaban J connectivity index is 2.24. The standard InChI is InChI=1S/C25H32N2O4/c1-4-5-7-12-22(19-26(2)3)24(18-13-20-10-8-6-9-11-20)31-25(28)21-14-16-23(17-15-21)27(29)30/h6,8-11,13-18,22,24H,4-5,7,12,19H2,1-3H3/b18-13+. The van der Waals surface area contributed by atoms with Crippen molar-refractivity contribution in [2.24, 2.45) is 5.92 Å². The van der Waals surface area contributed by atoms with Crippen molar-refractivity contribution in [2.75, 3.05) is 20.6 Å². The molecule has 166 valence electrons. The zero-order chi connectivity index (χ0) is 22.6. The molecule has 0 fully saturated rings. The lowest BCUT2D eigenvalue weighted by atomic mass is 9.93. The van der Waals surface area contributed by atoms with Gasteiger partial charge in [0.05, 0.1) is 10.5 Å². The van der Waals surface area contributed by atoms with Crippen molar-refractivity contribution >= 4 is 17.7 Å². The smallest absolute Gasteiger partial charge is 0.338 e. The van der Waals surface area contributed by atoms with Gasteiger partial charge in [-0.15, -0.1) is 0 Å². The first-order valence-electron chi connectivity index (χ1n) is 10.7. The Hall–Kier alpha value is -2.99. The highest BCUT2D eigenvalue weighted by Crippen LogP contribution is 2.22. The van der Waals surface area contributed by atoms with Crippen LogP contribution in [0.1, 0.15) is 48.5 Å². The van der Waals surface area contributed by atoms with Crippen LogP contribution in [0.4, 0.5) is 5.69 Å². The van der Waals surface area contributed by atoms with Crippen molar-refractivity contribution in [3.8, 4) is 0 Å². The Labute approximate surface area is 184 Å². The minimum Gasteiger partial charge on any atom is -0.454 e. The largest absolute Gasteiger partial charge is 0.454 e. The van der Waals surface area contributed by atoms with Gasteiger partial charge < -0.3 is 9.64 Å². The third-order valence-corrected chi connectivity index (χ3v) is 5.08. The maximum Gasteiger partial charge on any atom is 0.338 e. The maximum absolute atomic E-state index is 12.8. The van der Waals surface area contributed by atoms with Crippen LogP contribution >= 0.6 is 0 Å². The van der Waals surface area contributed by atoms with Crippen LogP contribution in [0, 0.1) is 16.0 Å². The first kappa shape index (κ1) is 24.3. The Morgan fingerprint density at radius 2 is 1.77 bits per heavy atom. The van der Waals surface area contributed by atoms with Crippen LogP contribution in [0.5, 0.6) is 0 Å². The molecule has 2 atom stereocenters. The predicted octanol–water partition coefficient (Wildman–Crippen LogP) is 5.59. The number of non-ortho nitro benzene ring substituents is 1. The number of esters is 1. The molecule has 2 unspecified atom stereocenters. The van der Waals surface area contributed by atoms with Crippen LogP contribution < -0.4 is 0 Å². The Morgan fingerprint density at radius 3 is 2.35 bits per heavy atom. The van der Waals surface area contributed by atoms with Crippen molar-refractivity contribution in [1.82, 2.24) is 4.90 Å². The van der Waals surface area contributed by atoms with Crippen molar-refractivity contribution < 1.29 is 14.5 Å². The molecular weight excluding hydrogens is 392 g/mol. The first-order valence-corrected chi connectivity index (χ1v) is 10.7. The van der Waals surface area contributed by atoms with Crippen molar-refractivity contribution in [3.05, 3.63) is 81.9 Å². The van der Waals surface area contributed by atoms with Crippen LogP contribution in [0.3, 0.4) is 0 Å². The highest BCUT2D eigenvalue weighted by atomic mass is 16.6. The van der Waals surface area contributed by atoms with Gasteiger partial charge in [0.2, 0.25) is 0 Å². The van der Waals surface area contributed by atoms with E-state index in [0.717, 1.165) is 37.8 Å². The number of nitrogens with zero attached hydrogens (tertiary/aromatic N) is 2. The normalized spacial score (nSPS) is 13.3. The van der Waals surface area contributed by atoms with E-state index in [1.807, 2.05) is 56.6 Å². The van der Waals surface area contributed by atoms with E-state index in [1.54, 1.807) is 0 Å². The van der Waals surface area contributed by atoms with Gasteiger partial charge in [-0.05, 0) is 44.3 Å². The molecule has 0 heterocycles. The summed E-state index contributed by atoms with van der Waals surface area (Å²) in [6.45, 7) is 2.96. The van der Waals surface area contributed by atoms with Gasteiger partial charge in [0.25, 0.3) is 5.69 Å². The Bertz CT molecular complexity index is 848. The summed E-state index contributed by atoms with van der Waals surface area (Å²) < 4.78 is 5.93. The number of ether oxygens (including phenoxy) is 1. The molecule has 0 aliphatic rings. The second-order valence-electron chi connectivity index (χ2n) is 7.96. The van der Waals surface area contributed by atoms with Gasteiger partial charge in [-0.2, -0.15) is 0 Å². The van der Waals surface area contributed by atoms with E-state index < -0.39 is 17.0 Å². The molecule has 0 N–H and O–H groups in total. The Morgan fingerprint density at radius 1 is 1.10 bits per heavy atom. The number of rotatable bonds is 12. The predicted molar refractivity (Wildman–Crippen MR) is 124 cm³/mol. The highest BCUT2D eigenvalue weighted by molar-refractivity contribution is 5.89. The van der Waals surface area contributed by atoms with Crippen molar-refractivity contribution in [1.29, 1.82) is 0 Å². The summed E-state index contributed by atoms with van der Waals surface area (Å²) in [6.07, 6.45) is 7.82. The molecule has 6 heteroatoms. The van der Waals surface area contributed by atoms with E-state index in [4.69, 9.17) is 4.74 Å². The summed E-state index contributed by atoms with van der Waals surface area (Å²) in [4.78, 5) is 25.3. The summed E-state index contributed by atoms with van der Waals surface area (Å²) in [7, 11) is 4.03. The molecule has 31 heavy (non-hydrogen) atoms. The van der Waals surface area contributed by atoms with Crippen LogP contribution in [0.15, 0.2) is 60.7 Å². The fraction of sp³-hybridized carbons (Fsp3) is 0.400. The molecule has 0 amide bonds. The van der Waals surface area contributed by atoms with Crippen LogP contribution in [0.2, 0.25) is 0 Å². The zero-order valence-corrected chi connectivity index (χ0v) is 18.6. The minimum atomic E-state index is -0.485. The average molecular weight is 425 g/mol. The number of hydrogen-bond acceptors (Lipinski definition) is 5. The van der Waals surface area contributed by atoms with Gasteiger partial charge in [0, 0.05) is 24.6 Å². The monoisotopic (exact) mass is 424 g/mol. The molecule has 6 nitrogen and oxygen atoms in total. The fourth-order valence-corrected chi connectivity index (χ4v) is 3.46. The van der Waals surface area contributed by atoms with Gasteiger partial charge in [0.15, 0.2) is 0 Å². The van der Waals surface area contributed by atoms with Crippen LogP contribution in [-0.2, 0) is 4.74 Å². The molecule has 2 aromatic rings. The van der Waals surface area contributed by atoms with E-state index in [2.05, 4.69) is 11.8 Å². The second kappa shape index (κ2) is 12.6. The summed E-state index contributed by atoms with van der Waals surface area (Å²) in [5, 5.41) is 10.9. The van der Waals surface area contributed by atoms with Crippen molar-refractivity contribution in [3.63, 3.8) is 0 Å². The quantitative estimate of drug-likeness (QED) is 0.192. The molecule has 0 saturated carbocycles. The molecule has 0 aromatic heterocycles. The van der Waals surface area contributed by atoms with Gasteiger partial charge in [-0.25, -0.2) is 4.79 Å². The van der Waals surface area contributed by atoms with Gasteiger partial charge in [-0.1, -0.05) is 62.6 Å². The van der Waals surface area contributed by atoms with E-state index in [0.29, 0.717) is 5.56 Å². The molecule has 2 rings (SSSR count). The third kappa shape index (κ3) is 8.34. The minimum absolute atomic E-state index is 0.0536. The molecule has 2 aromatic carbocycles. The molecule has 0 aliphatic heterocycles. The third-order valence-electron chi connectivity index (χ3n) is 5.08. The Kier molecular flexibility index (Phi) is 9.91. The summed E-state index contributed by atoms with van der Waals surface area (Å²) in [5.41, 5.74) is 1.29. The maximum atomic E-state index is 12.8. The lowest BCUT2D eigenvalue weighted by molar-refractivity contribution is -0.384. The van der Waals surface area contributed by atoms with Gasteiger partial charge >= 0.3 is 5.97 Å². The number of benzene rings is 2.